The number of benzene rings is 1. The van der Waals surface area contributed by atoms with E-state index < -0.39 is 96.9 Å². The number of imide groups is 1. The molecular weight excluding hydrogens is 802 g/mol. The lowest BCUT2D eigenvalue weighted by Crippen LogP contribution is -2.67. The molecule has 0 aliphatic carbocycles. The highest BCUT2D eigenvalue weighted by molar-refractivity contribution is 6.13. The van der Waals surface area contributed by atoms with Crippen LogP contribution in [0.15, 0.2) is 49.1 Å². The van der Waals surface area contributed by atoms with Gasteiger partial charge >= 0.3 is 6.09 Å². The largest absolute Gasteiger partial charge is 0.445 e. The minimum atomic E-state index is -1.61. The smallest absolute Gasteiger partial charge is 0.410 e. The van der Waals surface area contributed by atoms with Gasteiger partial charge in [-0.3, -0.25) is 38.6 Å². The zero-order valence-corrected chi connectivity index (χ0v) is 33.9. The third-order valence-electron chi connectivity index (χ3n) is 10.1. The van der Waals surface area contributed by atoms with Crippen molar-refractivity contribution in [3.05, 3.63) is 54.6 Å². The summed E-state index contributed by atoms with van der Waals surface area (Å²) >= 11 is 0. The van der Waals surface area contributed by atoms with Crippen molar-refractivity contribution in [2.45, 2.75) is 89.4 Å². The number of aliphatic hydroxyl groups excluding tert-OH is 3. The maximum atomic E-state index is 13.2. The van der Waals surface area contributed by atoms with Gasteiger partial charge in [-0.1, -0.05) is 26.0 Å². The summed E-state index contributed by atoms with van der Waals surface area (Å²) in [6.45, 7) is 5.29. The Kier molecular flexibility index (Phi) is 15.0. The van der Waals surface area contributed by atoms with Crippen LogP contribution in [0.25, 0.3) is 11.2 Å². The van der Waals surface area contributed by atoms with Crippen molar-refractivity contribution in [1.82, 2.24) is 45.7 Å². The van der Waals surface area contributed by atoms with E-state index in [1.54, 1.807) is 38.1 Å². The van der Waals surface area contributed by atoms with Crippen LogP contribution in [-0.4, -0.2) is 155 Å². The van der Waals surface area contributed by atoms with E-state index in [0.717, 1.165) is 22.0 Å². The Hall–Kier alpha value is -6.56. The molecule has 2 aliphatic heterocycles. The SMILES string of the molecule is CC(C)[C@H](NC(=O)CCN1C(=O)C=CC1=O)C(=O)N[C@@H](C)C(=O)Nc1ccc(COC(=O)N(C)[C@H](C)C(=O)N[C@@H]2[C@@H](O)[C@H](O)[C@@H](Nc3ncnc4nc[nH]c34)O[C@H]2CO)cc1. The molecule has 1 fully saturated rings. The second kappa shape index (κ2) is 20.1. The van der Waals surface area contributed by atoms with E-state index in [-0.39, 0.29) is 31.3 Å². The molecule has 23 heteroatoms. The van der Waals surface area contributed by atoms with Gasteiger partial charge in [0.25, 0.3) is 11.8 Å². The third-order valence-corrected chi connectivity index (χ3v) is 10.1. The molecule has 4 heterocycles. The summed E-state index contributed by atoms with van der Waals surface area (Å²) in [7, 11) is 1.33. The molecule has 23 nitrogen and oxygen atoms in total. The predicted molar refractivity (Wildman–Crippen MR) is 212 cm³/mol. The third kappa shape index (κ3) is 11.2. The molecule has 328 valence electrons. The fraction of sp³-hybridized carbons (Fsp3) is 0.474. The van der Waals surface area contributed by atoms with E-state index in [1.165, 1.54) is 33.5 Å². The normalized spacial score (nSPS) is 21.4. The lowest BCUT2D eigenvalue weighted by Gasteiger charge is -2.43. The van der Waals surface area contributed by atoms with Gasteiger partial charge < -0.3 is 56.4 Å². The first kappa shape index (κ1) is 45.5. The number of fused-ring (bicyclic) bond motifs is 1. The van der Waals surface area contributed by atoms with Crippen LogP contribution < -0.4 is 26.6 Å². The van der Waals surface area contributed by atoms with Gasteiger partial charge in [0.1, 0.15) is 54.9 Å². The number of carbonyl (C=O) groups excluding carboxylic acids is 7. The topological polar surface area (TPSA) is 320 Å². The molecule has 8 atom stereocenters. The molecule has 9 N–H and O–H groups in total. The number of H-pyrrole nitrogens is 1. The van der Waals surface area contributed by atoms with Crippen molar-refractivity contribution in [1.29, 1.82) is 0 Å². The van der Waals surface area contributed by atoms with E-state index >= 15 is 0 Å². The molecule has 7 amide bonds. The molecular formula is C38H49N11O12. The number of hydrogen-bond donors (Lipinski definition) is 9. The van der Waals surface area contributed by atoms with Crippen LogP contribution in [0.3, 0.4) is 0 Å². The van der Waals surface area contributed by atoms with Gasteiger partial charge in [-0.25, -0.2) is 19.7 Å². The number of carbonyl (C=O) groups is 7. The monoisotopic (exact) mass is 851 g/mol. The Labute approximate surface area is 348 Å². The second-order valence-corrected chi connectivity index (χ2v) is 14.7. The number of ether oxygens (including phenoxy) is 2. The number of amides is 7. The molecule has 61 heavy (non-hydrogen) atoms. The minimum absolute atomic E-state index is 0.147. The van der Waals surface area contributed by atoms with Crippen LogP contribution in [0.5, 0.6) is 0 Å². The molecule has 1 saturated heterocycles. The number of nitrogens with zero attached hydrogens (tertiary/aromatic N) is 5. The molecule has 3 aromatic rings. The quantitative estimate of drug-likeness (QED) is 0.0680. The number of aromatic amines is 1. The first-order chi connectivity index (χ1) is 29.0. The van der Waals surface area contributed by atoms with Crippen LogP contribution in [0.2, 0.25) is 0 Å². The molecule has 2 aromatic heterocycles. The van der Waals surface area contributed by atoms with Crippen LogP contribution in [0.4, 0.5) is 16.3 Å². The van der Waals surface area contributed by atoms with Gasteiger partial charge in [-0.15, -0.1) is 0 Å². The van der Waals surface area contributed by atoms with Crippen molar-refractivity contribution >= 4 is 64.2 Å². The van der Waals surface area contributed by atoms with Crippen molar-refractivity contribution in [2.24, 2.45) is 5.92 Å². The molecule has 0 bridgehead atoms. The van der Waals surface area contributed by atoms with Crippen LogP contribution >= 0.6 is 0 Å². The maximum absolute atomic E-state index is 13.2. The Bertz CT molecular complexity index is 2110. The summed E-state index contributed by atoms with van der Waals surface area (Å²) in [4.78, 5) is 105. The van der Waals surface area contributed by atoms with E-state index in [0.29, 0.717) is 22.4 Å². The van der Waals surface area contributed by atoms with Gasteiger partial charge in [0, 0.05) is 37.9 Å². The molecule has 0 radical (unpaired) electrons. The average Bonchev–Trinajstić information content (AvgIpc) is 3.86. The van der Waals surface area contributed by atoms with Crippen molar-refractivity contribution < 1.29 is 58.4 Å². The van der Waals surface area contributed by atoms with Gasteiger partial charge in [0.15, 0.2) is 17.7 Å². The van der Waals surface area contributed by atoms with Crippen molar-refractivity contribution in [2.75, 3.05) is 30.8 Å². The first-order valence-electron chi connectivity index (χ1n) is 19.2. The highest BCUT2D eigenvalue weighted by atomic mass is 16.6. The number of imidazole rings is 1. The maximum Gasteiger partial charge on any atom is 0.410 e. The molecule has 0 saturated carbocycles. The number of aliphatic hydroxyl groups is 3. The van der Waals surface area contributed by atoms with Crippen molar-refractivity contribution in [3.63, 3.8) is 0 Å². The zero-order chi connectivity index (χ0) is 44.5. The second-order valence-electron chi connectivity index (χ2n) is 14.7. The number of nitrogens with one attached hydrogen (secondary N) is 6. The lowest BCUT2D eigenvalue weighted by molar-refractivity contribution is -0.185. The fourth-order valence-electron chi connectivity index (χ4n) is 6.24. The highest BCUT2D eigenvalue weighted by Crippen LogP contribution is 2.25. The summed E-state index contributed by atoms with van der Waals surface area (Å²) in [6, 6.07) is 1.85. The number of likely N-dealkylation sites (N-methyl/N-ethyl adjacent to an activating group) is 1. The van der Waals surface area contributed by atoms with E-state index in [9.17, 15) is 48.9 Å². The standard InChI is InChI=1S/C38H49N11O12/c1-18(2)27(45-24(51)12-13-49-25(52)10-11-26(49)53)36(58)43-19(3)34(56)44-22-8-6-21(7-9-22)15-60-38(59)48(5)20(4)35(57)46-28-23(14-50)61-37(31(55)30(28)54)47-33-29-32(40-16-39-29)41-17-42-33/h6-11,16-20,23,27-28,30-31,37,50,54-55H,12-15H2,1-5H3,(H,43,58)(H,44,56)(H,45,51)(H,46,57)(H2,39,40,41,42,47)/t19-,20+,23-,27-,28-,30+,31-,37-/m0/s1. The summed E-state index contributed by atoms with van der Waals surface area (Å²) in [6.07, 6.45) is -1.84. The minimum Gasteiger partial charge on any atom is -0.445 e. The van der Waals surface area contributed by atoms with Crippen molar-refractivity contribution in [3.8, 4) is 0 Å². The van der Waals surface area contributed by atoms with Gasteiger partial charge in [-0.05, 0) is 37.5 Å². The number of aromatic nitrogens is 4. The number of rotatable bonds is 17. The number of anilines is 2. The van der Waals surface area contributed by atoms with E-state index in [2.05, 4.69) is 46.5 Å². The summed E-state index contributed by atoms with van der Waals surface area (Å²) in [5.74, 6) is -3.65. The lowest BCUT2D eigenvalue weighted by atomic mass is 9.95. The Morgan fingerprint density at radius 1 is 0.934 bits per heavy atom. The van der Waals surface area contributed by atoms with Gasteiger partial charge in [0.05, 0.1) is 19.0 Å². The number of hydrogen-bond acceptors (Lipinski definition) is 16. The molecule has 0 spiro atoms. The molecule has 0 unspecified atom stereocenters. The average molecular weight is 852 g/mol. The molecule has 5 rings (SSSR count). The van der Waals surface area contributed by atoms with Gasteiger partial charge in [0.2, 0.25) is 23.6 Å². The summed E-state index contributed by atoms with van der Waals surface area (Å²) < 4.78 is 11.2. The zero-order valence-electron chi connectivity index (χ0n) is 33.9. The fourth-order valence-corrected chi connectivity index (χ4v) is 6.24. The summed E-state index contributed by atoms with van der Waals surface area (Å²) in [5, 5.41) is 45.1. The van der Waals surface area contributed by atoms with Gasteiger partial charge in [-0.2, -0.15) is 0 Å². The summed E-state index contributed by atoms with van der Waals surface area (Å²) in [5.41, 5.74) is 1.65. The highest BCUT2D eigenvalue weighted by Gasteiger charge is 2.46. The van der Waals surface area contributed by atoms with E-state index in [4.69, 9.17) is 9.47 Å². The Balaban J connectivity index is 1.05. The molecule has 2 aliphatic rings. The van der Waals surface area contributed by atoms with Crippen LogP contribution in [-0.2, 0) is 44.8 Å². The first-order valence-corrected chi connectivity index (χ1v) is 19.2. The predicted octanol–water partition coefficient (Wildman–Crippen LogP) is -1.76. The Morgan fingerprint density at radius 2 is 1.62 bits per heavy atom. The van der Waals surface area contributed by atoms with Crippen LogP contribution in [0.1, 0.15) is 39.7 Å². The molecule has 1 aromatic carbocycles. The Morgan fingerprint density at radius 3 is 2.28 bits per heavy atom. The van der Waals surface area contributed by atoms with Crippen LogP contribution in [0, 0.1) is 5.92 Å². The van der Waals surface area contributed by atoms with E-state index in [1.807, 2.05) is 0 Å².